The van der Waals surface area contributed by atoms with Gasteiger partial charge in [0.15, 0.2) is 0 Å². The summed E-state index contributed by atoms with van der Waals surface area (Å²) >= 11 is 0. The second-order valence-corrected chi connectivity index (χ2v) is 5.47. The van der Waals surface area contributed by atoms with Gasteiger partial charge in [0, 0.05) is 12.2 Å². The summed E-state index contributed by atoms with van der Waals surface area (Å²) in [6.07, 6.45) is 5.30. The minimum absolute atomic E-state index is 0.118. The molecule has 0 amide bonds. The van der Waals surface area contributed by atoms with E-state index in [1.807, 2.05) is 12.1 Å². The SMILES string of the molecule is Cc1ccc(NCC2CCC(C)CC2)cc1F. The Morgan fingerprint density at radius 2 is 1.94 bits per heavy atom. The Morgan fingerprint density at radius 1 is 1.24 bits per heavy atom. The molecule has 0 unspecified atom stereocenters. The third kappa shape index (κ3) is 3.45. The van der Waals surface area contributed by atoms with E-state index in [2.05, 4.69) is 12.2 Å². The number of anilines is 1. The molecule has 17 heavy (non-hydrogen) atoms. The summed E-state index contributed by atoms with van der Waals surface area (Å²) in [6.45, 7) is 5.11. The van der Waals surface area contributed by atoms with Crippen LogP contribution in [0, 0.1) is 24.6 Å². The van der Waals surface area contributed by atoms with Gasteiger partial charge in [0.25, 0.3) is 0 Å². The van der Waals surface area contributed by atoms with Crippen LogP contribution in [0.25, 0.3) is 0 Å². The lowest BCUT2D eigenvalue weighted by atomic mass is 9.83. The van der Waals surface area contributed by atoms with Crippen molar-refractivity contribution in [2.75, 3.05) is 11.9 Å². The van der Waals surface area contributed by atoms with Gasteiger partial charge < -0.3 is 5.32 Å². The minimum Gasteiger partial charge on any atom is -0.385 e. The van der Waals surface area contributed by atoms with Crippen LogP contribution in [-0.2, 0) is 0 Å². The molecule has 94 valence electrons. The second kappa shape index (κ2) is 5.52. The first-order valence-corrected chi connectivity index (χ1v) is 6.65. The molecular formula is C15H22FN. The van der Waals surface area contributed by atoms with Crippen molar-refractivity contribution in [1.82, 2.24) is 0 Å². The van der Waals surface area contributed by atoms with E-state index < -0.39 is 0 Å². The average molecular weight is 235 g/mol. The van der Waals surface area contributed by atoms with Crippen LogP contribution in [0.1, 0.15) is 38.2 Å². The van der Waals surface area contributed by atoms with E-state index in [9.17, 15) is 4.39 Å². The van der Waals surface area contributed by atoms with Crippen molar-refractivity contribution < 1.29 is 4.39 Å². The van der Waals surface area contributed by atoms with Gasteiger partial charge in [0.1, 0.15) is 5.82 Å². The Bertz CT molecular complexity index is 367. The molecule has 0 saturated heterocycles. The molecule has 0 aromatic heterocycles. The maximum absolute atomic E-state index is 13.4. The van der Waals surface area contributed by atoms with Gasteiger partial charge in [0.05, 0.1) is 0 Å². The lowest BCUT2D eigenvalue weighted by molar-refractivity contribution is 0.300. The molecule has 0 radical (unpaired) electrons. The molecule has 0 spiro atoms. The van der Waals surface area contributed by atoms with E-state index in [1.54, 1.807) is 13.0 Å². The maximum Gasteiger partial charge on any atom is 0.128 e. The monoisotopic (exact) mass is 235 g/mol. The molecule has 1 N–H and O–H groups in total. The molecule has 0 atom stereocenters. The van der Waals surface area contributed by atoms with Crippen LogP contribution in [0.4, 0.5) is 10.1 Å². The van der Waals surface area contributed by atoms with Crippen LogP contribution in [0.15, 0.2) is 18.2 Å². The zero-order valence-corrected chi connectivity index (χ0v) is 10.8. The summed E-state index contributed by atoms with van der Waals surface area (Å²) < 4.78 is 13.4. The Kier molecular flexibility index (Phi) is 4.03. The zero-order chi connectivity index (χ0) is 12.3. The Morgan fingerprint density at radius 3 is 2.59 bits per heavy atom. The number of benzene rings is 1. The third-order valence-corrected chi connectivity index (χ3v) is 3.90. The highest BCUT2D eigenvalue weighted by molar-refractivity contribution is 5.45. The summed E-state index contributed by atoms with van der Waals surface area (Å²) in [6, 6.07) is 5.39. The number of halogens is 1. The molecule has 1 aromatic rings. The van der Waals surface area contributed by atoms with Gasteiger partial charge in [0.2, 0.25) is 0 Å². The minimum atomic E-state index is -0.118. The molecule has 1 aliphatic rings. The van der Waals surface area contributed by atoms with E-state index in [4.69, 9.17) is 0 Å². The van der Waals surface area contributed by atoms with Crippen molar-refractivity contribution in [2.24, 2.45) is 11.8 Å². The van der Waals surface area contributed by atoms with Crippen molar-refractivity contribution >= 4 is 5.69 Å². The fourth-order valence-corrected chi connectivity index (χ4v) is 2.50. The predicted molar refractivity (Wildman–Crippen MR) is 70.7 cm³/mol. The number of hydrogen-bond acceptors (Lipinski definition) is 1. The lowest BCUT2D eigenvalue weighted by Gasteiger charge is -2.26. The van der Waals surface area contributed by atoms with Crippen molar-refractivity contribution in [1.29, 1.82) is 0 Å². The van der Waals surface area contributed by atoms with Crippen molar-refractivity contribution in [3.8, 4) is 0 Å². The summed E-state index contributed by atoms with van der Waals surface area (Å²) in [5.41, 5.74) is 1.62. The first-order chi connectivity index (χ1) is 8.15. The van der Waals surface area contributed by atoms with Gasteiger partial charge >= 0.3 is 0 Å². The van der Waals surface area contributed by atoms with Crippen LogP contribution in [0.3, 0.4) is 0 Å². The van der Waals surface area contributed by atoms with Gasteiger partial charge in [-0.2, -0.15) is 0 Å². The second-order valence-electron chi connectivity index (χ2n) is 5.47. The third-order valence-electron chi connectivity index (χ3n) is 3.90. The van der Waals surface area contributed by atoms with Crippen LogP contribution in [0.2, 0.25) is 0 Å². The van der Waals surface area contributed by atoms with Crippen molar-refractivity contribution in [2.45, 2.75) is 39.5 Å². The van der Waals surface area contributed by atoms with E-state index in [0.717, 1.165) is 24.1 Å². The summed E-state index contributed by atoms with van der Waals surface area (Å²) in [5, 5.41) is 3.36. The van der Waals surface area contributed by atoms with Gasteiger partial charge in [-0.15, -0.1) is 0 Å². The molecule has 1 saturated carbocycles. The first kappa shape index (κ1) is 12.4. The molecule has 1 aromatic carbocycles. The first-order valence-electron chi connectivity index (χ1n) is 6.65. The van der Waals surface area contributed by atoms with Crippen LogP contribution in [-0.4, -0.2) is 6.54 Å². The predicted octanol–water partition coefficient (Wildman–Crippen LogP) is 4.37. The fourth-order valence-electron chi connectivity index (χ4n) is 2.50. The number of nitrogens with one attached hydrogen (secondary N) is 1. The Labute approximate surface area is 103 Å². The van der Waals surface area contributed by atoms with Crippen LogP contribution >= 0.6 is 0 Å². The Balaban J connectivity index is 1.83. The summed E-state index contributed by atoms with van der Waals surface area (Å²) in [4.78, 5) is 0. The molecule has 1 fully saturated rings. The van der Waals surface area contributed by atoms with Gasteiger partial charge in [-0.05, 0) is 49.3 Å². The lowest BCUT2D eigenvalue weighted by Crippen LogP contribution is -2.20. The molecule has 1 aliphatic carbocycles. The topological polar surface area (TPSA) is 12.0 Å². The van der Waals surface area contributed by atoms with Crippen molar-refractivity contribution in [3.05, 3.63) is 29.6 Å². The number of hydrogen-bond donors (Lipinski definition) is 1. The maximum atomic E-state index is 13.4. The molecule has 2 rings (SSSR count). The van der Waals surface area contributed by atoms with Crippen LogP contribution < -0.4 is 5.32 Å². The fraction of sp³-hybridized carbons (Fsp3) is 0.600. The molecule has 2 heteroatoms. The Hall–Kier alpha value is -1.05. The standard InChI is InChI=1S/C15H22FN/c1-11-3-6-13(7-4-11)10-17-14-8-5-12(2)15(16)9-14/h5,8-9,11,13,17H,3-4,6-7,10H2,1-2H3. The van der Waals surface area contributed by atoms with Gasteiger partial charge in [-0.25, -0.2) is 4.39 Å². The average Bonchev–Trinajstić information content (AvgIpc) is 2.33. The molecule has 1 nitrogen and oxygen atoms in total. The highest BCUT2D eigenvalue weighted by Crippen LogP contribution is 2.28. The summed E-state index contributed by atoms with van der Waals surface area (Å²) in [5.74, 6) is 1.53. The molecule has 0 heterocycles. The quantitative estimate of drug-likeness (QED) is 0.820. The molecule has 0 aliphatic heterocycles. The number of aryl methyl sites for hydroxylation is 1. The number of rotatable bonds is 3. The van der Waals surface area contributed by atoms with E-state index >= 15 is 0 Å². The van der Waals surface area contributed by atoms with E-state index in [1.165, 1.54) is 25.7 Å². The van der Waals surface area contributed by atoms with E-state index in [0.29, 0.717) is 5.56 Å². The van der Waals surface area contributed by atoms with Crippen LogP contribution in [0.5, 0.6) is 0 Å². The largest absolute Gasteiger partial charge is 0.385 e. The smallest absolute Gasteiger partial charge is 0.128 e. The normalized spacial score (nSPS) is 24.6. The highest BCUT2D eigenvalue weighted by Gasteiger charge is 2.17. The molecular weight excluding hydrogens is 213 g/mol. The van der Waals surface area contributed by atoms with Gasteiger partial charge in [-0.1, -0.05) is 25.8 Å². The zero-order valence-electron chi connectivity index (χ0n) is 10.8. The van der Waals surface area contributed by atoms with E-state index in [-0.39, 0.29) is 5.82 Å². The molecule has 0 bridgehead atoms. The van der Waals surface area contributed by atoms with Crippen molar-refractivity contribution in [3.63, 3.8) is 0 Å². The van der Waals surface area contributed by atoms with Gasteiger partial charge in [-0.3, -0.25) is 0 Å². The highest BCUT2D eigenvalue weighted by atomic mass is 19.1. The summed E-state index contributed by atoms with van der Waals surface area (Å²) in [7, 11) is 0.